The summed E-state index contributed by atoms with van der Waals surface area (Å²) in [6, 6.07) is 6.60. The molecule has 4 heteroatoms. The molecule has 1 aromatic carbocycles. The number of rotatable bonds is 5. The SMILES string of the molecule is CC(C)C[C@H](N)C(=O)Nc1cccc(CO)c1. The number of aliphatic hydroxyl groups is 1. The Balaban J connectivity index is 2.61. The average Bonchev–Trinajstić information content (AvgIpc) is 2.28. The Morgan fingerprint density at radius 1 is 1.47 bits per heavy atom. The second-order valence-electron chi connectivity index (χ2n) is 4.58. The first-order chi connectivity index (χ1) is 8.02. The fourth-order valence-electron chi connectivity index (χ4n) is 1.60. The van der Waals surface area contributed by atoms with Gasteiger partial charge in [-0.3, -0.25) is 4.79 Å². The first-order valence-electron chi connectivity index (χ1n) is 5.79. The van der Waals surface area contributed by atoms with Crippen molar-refractivity contribution in [3.63, 3.8) is 0 Å². The van der Waals surface area contributed by atoms with Crippen LogP contribution in [0.1, 0.15) is 25.8 Å². The first kappa shape index (κ1) is 13.7. The molecule has 0 aliphatic rings. The predicted octanol–water partition coefficient (Wildman–Crippen LogP) is 1.49. The lowest BCUT2D eigenvalue weighted by Crippen LogP contribution is -2.36. The van der Waals surface area contributed by atoms with Gasteiger partial charge in [-0.2, -0.15) is 0 Å². The highest BCUT2D eigenvalue weighted by molar-refractivity contribution is 5.94. The van der Waals surface area contributed by atoms with Gasteiger partial charge in [0.25, 0.3) is 0 Å². The number of aliphatic hydroxyl groups excluding tert-OH is 1. The highest BCUT2D eigenvalue weighted by atomic mass is 16.3. The van der Waals surface area contributed by atoms with Crippen LogP contribution in [-0.4, -0.2) is 17.1 Å². The lowest BCUT2D eigenvalue weighted by Gasteiger charge is -2.14. The Morgan fingerprint density at radius 2 is 2.18 bits per heavy atom. The van der Waals surface area contributed by atoms with Crippen LogP contribution in [0.15, 0.2) is 24.3 Å². The average molecular weight is 236 g/mol. The second-order valence-corrected chi connectivity index (χ2v) is 4.58. The molecule has 1 rings (SSSR count). The number of carbonyl (C=O) groups excluding carboxylic acids is 1. The van der Waals surface area contributed by atoms with E-state index in [9.17, 15) is 4.79 Å². The quantitative estimate of drug-likeness (QED) is 0.725. The zero-order valence-electron chi connectivity index (χ0n) is 10.3. The smallest absolute Gasteiger partial charge is 0.241 e. The molecule has 4 nitrogen and oxygen atoms in total. The van der Waals surface area contributed by atoms with Crippen molar-refractivity contribution < 1.29 is 9.90 Å². The van der Waals surface area contributed by atoms with Gasteiger partial charge in [0.2, 0.25) is 5.91 Å². The maximum absolute atomic E-state index is 11.7. The van der Waals surface area contributed by atoms with Crippen LogP contribution in [0.3, 0.4) is 0 Å². The number of nitrogens with two attached hydrogens (primary N) is 1. The van der Waals surface area contributed by atoms with E-state index in [4.69, 9.17) is 10.8 Å². The summed E-state index contributed by atoms with van der Waals surface area (Å²) in [5, 5.41) is 11.7. The maximum atomic E-state index is 11.7. The zero-order valence-corrected chi connectivity index (χ0v) is 10.3. The molecule has 1 amide bonds. The number of hydrogen-bond donors (Lipinski definition) is 3. The molecule has 1 atom stereocenters. The summed E-state index contributed by atoms with van der Waals surface area (Å²) >= 11 is 0. The minimum atomic E-state index is -0.493. The van der Waals surface area contributed by atoms with Gasteiger partial charge in [0.1, 0.15) is 0 Å². The number of hydrogen-bond acceptors (Lipinski definition) is 3. The molecule has 0 unspecified atom stereocenters. The normalized spacial score (nSPS) is 12.5. The Labute approximate surface area is 102 Å². The van der Waals surface area contributed by atoms with Crippen molar-refractivity contribution in [2.45, 2.75) is 32.9 Å². The van der Waals surface area contributed by atoms with Crippen molar-refractivity contribution in [3.8, 4) is 0 Å². The van der Waals surface area contributed by atoms with Gasteiger partial charge in [-0.05, 0) is 30.0 Å². The molecule has 1 aromatic rings. The molecule has 0 saturated carbocycles. The monoisotopic (exact) mass is 236 g/mol. The summed E-state index contributed by atoms with van der Waals surface area (Å²) in [7, 11) is 0. The van der Waals surface area contributed by atoms with Gasteiger partial charge >= 0.3 is 0 Å². The highest BCUT2D eigenvalue weighted by Gasteiger charge is 2.14. The number of carbonyl (C=O) groups is 1. The summed E-state index contributed by atoms with van der Waals surface area (Å²) in [6.45, 7) is 4.01. The Bertz CT molecular complexity index is 377. The fraction of sp³-hybridized carbons (Fsp3) is 0.462. The Morgan fingerprint density at radius 3 is 2.76 bits per heavy atom. The van der Waals surface area contributed by atoms with E-state index in [1.165, 1.54) is 0 Å². The topological polar surface area (TPSA) is 75.4 Å². The van der Waals surface area contributed by atoms with Crippen LogP contribution < -0.4 is 11.1 Å². The summed E-state index contributed by atoms with van der Waals surface area (Å²) in [4.78, 5) is 11.7. The van der Waals surface area contributed by atoms with Crippen molar-refractivity contribution in [1.82, 2.24) is 0 Å². The fourth-order valence-corrected chi connectivity index (χ4v) is 1.60. The molecule has 0 radical (unpaired) electrons. The minimum absolute atomic E-state index is 0.0399. The Kier molecular flexibility index (Phi) is 5.12. The predicted molar refractivity (Wildman–Crippen MR) is 68.4 cm³/mol. The number of benzene rings is 1. The van der Waals surface area contributed by atoms with Crippen LogP contribution >= 0.6 is 0 Å². The third-order valence-electron chi connectivity index (χ3n) is 2.44. The third kappa shape index (κ3) is 4.54. The van der Waals surface area contributed by atoms with E-state index >= 15 is 0 Å². The Hall–Kier alpha value is -1.39. The molecule has 0 spiro atoms. The molecular formula is C13H20N2O2. The van der Waals surface area contributed by atoms with E-state index < -0.39 is 6.04 Å². The van der Waals surface area contributed by atoms with Crippen molar-refractivity contribution in [1.29, 1.82) is 0 Å². The molecule has 94 valence electrons. The lowest BCUT2D eigenvalue weighted by atomic mass is 10.0. The van der Waals surface area contributed by atoms with Crippen molar-refractivity contribution >= 4 is 11.6 Å². The summed E-state index contributed by atoms with van der Waals surface area (Å²) in [5.41, 5.74) is 7.21. The zero-order chi connectivity index (χ0) is 12.8. The minimum Gasteiger partial charge on any atom is -0.392 e. The maximum Gasteiger partial charge on any atom is 0.241 e. The van der Waals surface area contributed by atoms with Crippen LogP contribution in [0.25, 0.3) is 0 Å². The van der Waals surface area contributed by atoms with Gasteiger partial charge in [0.15, 0.2) is 0 Å². The number of nitrogens with one attached hydrogen (secondary N) is 1. The van der Waals surface area contributed by atoms with E-state index in [0.717, 1.165) is 5.56 Å². The van der Waals surface area contributed by atoms with Gasteiger partial charge < -0.3 is 16.2 Å². The van der Waals surface area contributed by atoms with E-state index in [2.05, 4.69) is 5.32 Å². The van der Waals surface area contributed by atoms with Crippen LogP contribution in [0.4, 0.5) is 5.69 Å². The van der Waals surface area contributed by atoms with E-state index in [1.807, 2.05) is 13.8 Å². The van der Waals surface area contributed by atoms with E-state index in [0.29, 0.717) is 18.0 Å². The van der Waals surface area contributed by atoms with Gasteiger partial charge in [-0.1, -0.05) is 26.0 Å². The molecular weight excluding hydrogens is 216 g/mol. The lowest BCUT2D eigenvalue weighted by molar-refractivity contribution is -0.117. The molecule has 4 N–H and O–H groups in total. The third-order valence-corrected chi connectivity index (χ3v) is 2.44. The molecule has 0 aliphatic carbocycles. The largest absolute Gasteiger partial charge is 0.392 e. The molecule has 0 aliphatic heterocycles. The molecule has 0 fully saturated rings. The van der Waals surface area contributed by atoms with Crippen molar-refractivity contribution in [3.05, 3.63) is 29.8 Å². The molecule has 0 bridgehead atoms. The number of amides is 1. The highest BCUT2D eigenvalue weighted by Crippen LogP contribution is 2.12. The van der Waals surface area contributed by atoms with Gasteiger partial charge in [0.05, 0.1) is 12.6 Å². The number of anilines is 1. The second kappa shape index (κ2) is 6.37. The molecule has 17 heavy (non-hydrogen) atoms. The van der Waals surface area contributed by atoms with Crippen LogP contribution in [0.5, 0.6) is 0 Å². The van der Waals surface area contributed by atoms with Gasteiger partial charge in [-0.15, -0.1) is 0 Å². The van der Waals surface area contributed by atoms with E-state index in [-0.39, 0.29) is 12.5 Å². The standard InChI is InChI=1S/C13H20N2O2/c1-9(2)6-12(14)13(17)15-11-5-3-4-10(7-11)8-16/h3-5,7,9,12,16H,6,8,14H2,1-2H3,(H,15,17)/t12-/m0/s1. The van der Waals surface area contributed by atoms with E-state index in [1.54, 1.807) is 24.3 Å². The van der Waals surface area contributed by atoms with Gasteiger partial charge in [0, 0.05) is 5.69 Å². The van der Waals surface area contributed by atoms with Crippen LogP contribution in [0.2, 0.25) is 0 Å². The van der Waals surface area contributed by atoms with Gasteiger partial charge in [-0.25, -0.2) is 0 Å². The summed E-state index contributed by atoms with van der Waals surface area (Å²) in [6.07, 6.45) is 0.658. The molecule has 0 heterocycles. The van der Waals surface area contributed by atoms with Crippen LogP contribution in [0, 0.1) is 5.92 Å². The summed E-state index contributed by atoms with van der Waals surface area (Å²) < 4.78 is 0. The summed E-state index contributed by atoms with van der Waals surface area (Å²) in [5.74, 6) is 0.202. The molecule has 0 aromatic heterocycles. The first-order valence-corrected chi connectivity index (χ1v) is 5.79. The van der Waals surface area contributed by atoms with Crippen molar-refractivity contribution in [2.75, 3.05) is 5.32 Å². The van der Waals surface area contributed by atoms with Crippen molar-refractivity contribution in [2.24, 2.45) is 11.7 Å². The molecule has 0 saturated heterocycles. The van der Waals surface area contributed by atoms with Crippen LogP contribution in [-0.2, 0) is 11.4 Å².